The number of carboxylic acid groups (broad SMARTS) is 1. The third-order valence-corrected chi connectivity index (χ3v) is 7.60. The van der Waals surface area contributed by atoms with Gasteiger partial charge in [-0.2, -0.15) is 13.2 Å². The minimum absolute atomic E-state index is 0. The summed E-state index contributed by atoms with van der Waals surface area (Å²) in [6.07, 6.45) is -3.66. The molecule has 6 nitrogen and oxygen atoms in total. The fourth-order valence-corrected chi connectivity index (χ4v) is 5.34. The Balaban J connectivity index is 0.00000484. The molecule has 42 heavy (non-hydrogen) atoms. The molecule has 0 bridgehead atoms. The van der Waals surface area contributed by atoms with E-state index in [4.69, 9.17) is 16.6 Å². The van der Waals surface area contributed by atoms with Crippen LogP contribution in [-0.2, 0) is 32.3 Å². The molecule has 1 aliphatic rings. The topological polar surface area (TPSA) is 84.1 Å². The number of aliphatic imine (C=N–C) groups is 1. The smallest absolute Gasteiger partial charge is 0.416 e. The quantitative estimate of drug-likeness (QED) is 0.190. The number of nitrogens with zero attached hydrogens (tertiary/aromatic N) is 3. The van der Waals surface area contributed by atoms with Gasteiger partial charge in [-0.15, -0.1) is 5.69 Å². The normalized spacial score (nSPS) is 18.3. The fraction of sp³-hybridized carbons (Fsp3) is 0.323. The van der Waals surface area contributed by atoms with Crippen LogP contribution in [0.5, 0.6) is 0 Å². The molecule has 3 aromatic carbocycles. The maximum absolute atomic E-state index is 13.6. The van der Waals surface area contributed by atoms with Crippen molar-refractivity contribution in [3.05, 3.63) is 105 Å². The molecule has 0 saturated carbocycles. The van der Waals surface area contributed by atoms with E-state index in [0.717, 1.165) is 25.1 Å². The molecule has 0 unspecified atom stereocenters. The molecular weight excluding hydrogens is 613 g/mol. The molecule has 11 heteroatoms. The van der Waals surface area contributed by atoms with Crippen molar-refractivity contribution in [2.75, 3.05) is 13.1 Å². The van der Waals surface area contributed by atoms with Crippen LogP contribution in [-0.4, -0.2) is 46.2 Å². The molecule has 1 amide bonds. The van der Waals surface area contributed by atoms with Crippen molar-refractivity contribution in [2.45, 2.75) is 50.9 Å². The van der Waals surface area contributed by atoms with Gasteiger partial charge in [-0.3, -0.25) is 14.7 Å². The van der Waals surface area contributed by atoms with E-state index in [1.165, 1.54) is 12.1 Å². The number of rotatable bonds is 9. The summed E-state index contributed by atoms with van der Waals surface area (Å²) in [5, 5.41) is 14.5. The summed E-state index contributed by atoms with van der Waals surface area (Å²) in [5.74, 6) is -1.56. The van der Waals surface area contributed by atoms with E-state index in [9.17, 15) is 27.9 Å². The first kappa shape index (κ1) is 33.3. The van der Waals surface area contributed by atoms with E-state index in [-0.39, 0.29) is 39.4 Å². The number of aliphatic carboxylic acids is 1. The average Bonchev–Trinajstić information content (AvgIpc) is 3.33. The molecule has 226 valence electrons. The molecule has 1 saturated heterocycles. The van der Waals surface area contributed by atoms with Gasteiger partial charge in [0, 0.05) is 27.1 Å². The summed E-state index contributed by atoms with van der Waals surface area (Å²) in [6, 6.07) is 16.9. The van der Waals surface area contributed by atoms with Gasteiger partial charge >= 0.3 is 12.1 Å². The predicted molar refractivity (Wildman–Crippen MR) is 153 cm³/mol. The summed E-state index contributed by atoms with van der Waals surface area (Å²) in [4.78, 5) is 32.2. The fourth-order valence-electron chi connectivity index (χ4n) is 5.17. The monoisotopic (exact) mass is 642 g/mol. The van der Waals surface area contributed by atoms with Gasteiger partial charge < -0.3 is 15.2 Å². The van der Waals surface area contributed by atoms with Gasteiger partial charge in [0.05, 0.1) is 35.2 Å². The van der Waals surface area contributed by atoms with Gasteiger partial charge in [0.25, 0.3) is 0 Å². The van der Waals surface area contributed by atoms with Crippen molar-refractivity contribution in [2.24, 2.45) is 4.99 Å². The molecule has 1 fully saturated rings. The Morgan fingerprint density at radius 1 is 1.10 bits per heavy atom. The first-order chi connectivity index (χ1) is 19.4. The van der Waals surface area contributed by atoms with Crippen LogP contribution in [0.4, 0.5) is 18.9 Å². The Morgan fingerprint density at radius 3 is 2.45 bits per heavy atom. The van der Waals surface area contributed by atoms with Crippen LogP contribution >= 0.6 is 11.6 Å². The second-order valence-corrected chi connectivity index (χ2v) is 10.6. The van der Waals surface area contributed by atoms with Crippen LogP contribution in [0.15, 0.2) is 77.8 Å². The number of carbonyl (C=O) groups is 2. The summed E-state index contributed by atoms with van der Waals surface area (Å²) in [7, 11) is 0. The summed E-state index contributed by atoms with van der Waals surface area (Å²) < 4.78 is 40.5. The Bertz CT molecular complexity index is 1450. The number of likely N-dealkylation sites (tertiary alicyclic amines) is 1. The van der Waals surface area contributed by atoms with E-state index in [2.05, 4.69) is 10.2 Å². The minimum atomic E-state index is -4.61. The maximum atomic E-state index is 13.6. The van der Waals surface area contributed by atoms with Crippen molar-refractivity contribution in [1.29, 1.82) is 0 Å². The third-order valence-electron chi connectivity index (χ3n) is 7.37. The Kier molecular flexibility index (Phi) is 11.0. The first-order valence-corrected chi connectivity index (χ1v) is 13.6. The summed E-state index contributed by atoms with van der Waals surface area (Å²) in [6.45, 7) is 5.33. The first-order valence-electron chi connectivity index (χ1n) is 13.3. The minimum Gasteiger partial charge on any atom is -0.625 e. The maximum Gasteiger partial charge on any atom is 0.416 e. The van der Waals surface area contributed by atoms with E-state index < -0.39 is 35.7 Å². The molecule has 2 atom stereocenters. The molecule has 4 rings (SSSR count). The Hall–Kier alpha value is -3.20. The zero-order valence-electron chi connectivity index (χ0n) is 23.0. The Morgan fingerprint density at radius 2 is 1.81 bits per heavy atom. The van der Waals surface area contributed by atoms with Crippen molar-refractivity contribution >= 4 is 34.9 Å². The van der Waals surface area contributed by atoms with Gasteiger partial charge in [0.2, 0.25) is 0 Å². The molecule has 0 radical (unpaired) electrons. The average molecular weight is 644 g/mol. The van der Waals surface area contributed by atoms with Crippen LogP contribution in [0, 0.1) is 0 Å². The van der Waals surface area contributed by atoms with E-state index >= 15 is 0 Å². The molecule has 1 aliphatic heterocycles. The number of halogens is 4. The summed E-state index contributed by atoms with van der Waals surface area (Å²) >= 11 is 6.38. The van der Waals surface area contributed by atoms with Crippen molar-refractivity contribution in [1.82, 2.24) is 4.90 Å². The second kappa shape index (κ2) is 13.9. The van der Waals surface area contributed by atoms with Crippen molar-refractivity contribution in [3.8, 4) is 0 Å². The number of carboxylic acids is 1. The largest absolute Gasteiger partial charge is 0.625 e. The number of amides is 1. The molecular formula is C31H30ClF3N3NiO3-. The number of hydrogen-bond donors (Lipinski definition) is 1. The number of hydrogen-bond acceptors (Lipinski definition) is 4. The van der Waals surface area contributed by atoms with E-state index in [0.29, 0.717) is 29.1 Å². The van der Waals surface area contributed by atoms with Crippen molar-refractivity contribution < 1.29 is 44.4 Å². The third kappa shape index (κ3) is 7.60. The van der Waals surface area contributed by atoms with Crippen LogP contribution in [0.2, 0.25) is 5.02 Å². The molecule has 0 aliphatic carbocycles. The predicted octanol–water partition coefficient (Wildman–Crippen LogP) is 7.82. The van der Waals surface area contributed by atoms with Crippen LogP contribution in [0.3, 0.4) is 0 Å². The Labute approximate surface area is 257 Å². The number of likely N-dealkylation sites (N-methyl/N-ethyl adjacent to an activating group) is 1. The SMILES string of the molecule is CCN1CCC[C@]1(C)C(=O)[N-]c1ccc(Cl)cc1C(=N[C@@H](CC(=O)O)c1cccc(C(F)(F)F)c1)c1ccccc1.[Ni]. The van der Waals surface area contributed by atoms with E-state index in [1.807, 2.05) is 13.8 Å². The van der Waals surface area contributed by atoms with Gasteiger partial charge in [-0.25, -0.2) is 0 Å². The van der Waals surface area contributed by atoms with Crippen LogP contribution in [0.1, 0.15) is 61.4 Å². The zero-order chi connectivity index (χ0) is 29.8. The van der Waals surface area contributed by atoms with Gasteiger partial charge in [0.15, 0.2) is 0 Å². The molecule has 0 spiro atoms. The van der Waals surface area contributed by atoms with E-state index in [1.54, 1.807) is 48.5 Å². The van der Waals surface area contributed by atoms with Crippen LogP contribution < -0.4 is 0 Å². The van der Waals surface area contributed by atoms with Gasteiger partial charge in [-0.1, -0.05) is 67.1 Å². The molecule has 0 aromatic heterocycles. The van der Waals surface area contributed by atoms with Gasteiger partial charge in [0.1, 0.15) is 0 Å². The zero-order valence-corrected chi connectivity index (χ0v) is 24.7. The molecule has 1 heterocycles. The number of carbonyl (C=O) groups excluding carboxylic acids is 1. The molecule has 3 aromatic rings. The number of benzene rings is 3. The van der Waals surface area contributed by atoms with Crippen molar-refractivity contribution in [3.63, 3.8) is 0 Å². The number of alkyl halides is 3. The van der Waals surface area contributed by atoms with Gasteiger partial charge in [-0.05, 0) is 68.2 Å². The standard InChI is InChI=1S/C31H31ClF3N3O3.Ni/c1-3-38-16-8-15-30(38,2)29(41)37-25-14-13-23(32)18-24(25)28(20-9-5-4-6-10-20)36-26(19-27(39)40)21-11-7-12-22(17-21)31(33,34)35;/h4-7,9-14,17-18,26H,3,8,15-16,19H2,1-2H3,(H2,36,37,39,40,41);/p-1/t26-,30+;/m0./s1. The second-order valence-electron chi connectivity index (χ2n) is 10.1. The van der Waals surface area contributed by atoms with Crippen LogP contribution in [0.25, 0.3) is 5.32 Å². The molecule has 1 N–H and O–H groups in total. The summed E-state index contributed by atoms with van der Waals surface area (Å²) in [5.41, 5.74) is -0.135.